The quantitative estimate of drug-likeness (QED) is 0.298. The summed E-state index contributed by atoms with van der Waals surface area (Å²) in [5.41, 5.74) is -0.522. The van der Waals surface area contributed by atoms with Crippen molar-refractivity contribution in [3.8, 4) is 0 Å². The lowest BCUT2D eigenvalue weighted by molar-refractivity contribution is -0.175. The van der Waals surface area contributed by atoms with Gasteiger partial charge in [-0.15, -0.1) is 0 Å². The molecule has 5 N–H and O–H groups in total. The van der Waals surface area contributed by atoms with E-state index in [1.165, 1.54) is 6.20 Å². The average Bonchev–Trinajstić information content (AvgIpc) is 2.86. The number of aromatic nitrogens is 2. The Morgan fingerprint density at radius 2 is 2.12 bits per heavy atom. The Morgan fingerprint density at radius 3 is 2.69 bits per heavy atom. The van der Waals surface area contributed by atoms with Crippen molar-refractivity contribution < 1.29 is 46.9 Å². The molecule has 148 valence electrons. The molecule has 0 aromatic carbocycles. The second-order valence-corrected chi connectivity index (χ2v) is 8.53. The molecule has 0 saturated carbocycles. The van der Waals surface area contributed by atoms with Crippen molar-refractivity contribution in [1.29, 1.82) is 0 Å². The summed E-state index contributed by atoms with van der Waals surface area (Å²) < 4.78 is 50.2. The highest BCUT2D eigenvalue weighted by molar-refractivity contribution is 7.71. The van der Waals surface area contributed by atoms with Crippen molar-refractivity contribution in [1.82, 2.24) is 9.55 Å². The van der Waals surface area contributed by atoms with E-state index in [-0.39, 0.29) is 23.0 Å². The zero-order valence-corrected chi connectivity index (χ0v) is 15.5. The van der Waals surface area contributed by atoms with E-state index in [2.05, 4.69) is 13.8 Å². The van der Waals surface area contributed by atoms with Gasteiger partial charge >= 0.3 is 21.3 Å². The number of phosphoric ester groups is 1. The molecule has 3 atom stereocenters. The van der Waals surface area contributed by atoms with Gasteiger partial charge in [0, 0.05) is 18.2 Å². The van der Waals surface area contributed by atoms with Crippen LogP contribution in [-0.2, 0) is 29.3 Å². The monoisotopic (exact) mass is 436 g/mol. The van der Waals surface area contributed by atoms with Crippen LogP contribution in [0.15, 0.2) is 11.0 Å². The number of aromatic amines is 1. The van der Waals surface area contributed by atoms with Crippen LogP contribution in [0.2, 0.25) is 0 Å². The predicted molar refractivity (Wildman–Crippen MR) is 83.9 cm³/mol. The van der Waals surface area contributed by atoms with Crippen LogP contribution < -0.4 is 5.69 Å². The molecule has 0 radical (unpaired) electrons. The van der Waals surface area contributed by atoms with E-state index in [9.17, 15) is 23.4 Å². The molecule has 1 aromatic heterocycles. The van der Waals surface area contributed by atoms with Crippen molar-refractivity contribution in [3.63, 3.8) is 0 Å². The van der Waals surface area contributed by atoms with Crippen molar-refractivity contribution in [2.24, 2.45) is 0 Å². The molecule has 1 saturated heterocycles. The van der Waals surface area contributed by atoms with Crippen LogP contribution in [0, 0.1) is 4.64 Å². The average molecular weight is 436 g/mol. The minimum atomic E-state index is -5.34. The first-order valence-corrected chi connectivity index (χ1v) is 10.3. The lowest BCUT2D eigenvalue weighted by Gasteiger charge is -2.22. The van der Waals surface area contributed by atoms with E-state index in [4.69, 9.17) is 31.6 Å². The lowest BCUT2D eigenvalue weighted by Crippen LogP contribution is -2.32. The molecule has 1 aliphatic rings. The van der Waals surface area contributed by atoms with Gasteiger partial charge in [0.15, 0.2) is 0 Å². The van der Waals surface area contributed by atoms with Crippen LogP contribution in [0.4, 0.5) is 4.39 Å². The number of halogens is 1. The number of rotatable bonds is 7. The minimum absolute atomic E-state index is 0.0115. The number of hydrogen-bond donors (Lipinski definition) is 5. The van der Waals surface area contributed by atoms with Gasteiger partial charge in [0.2, 0.25) is 5.85 Å². The summed E-state index contributed by atoms with van der Waals surface area (Å²) in [4.78, 5) is 40.3. The highest BCUT2D eigenvalue weighted by atomic mass is 32.1. The molecular weight excluding hydrogens is 421 g/mol. The zero-order chi connectivity index (χ0) is 19.8. The summed E-state index contributed by atoms with van der Waals surface area (Å²) in [7, 11) is -10.6. The van der Waals surface area contributed by atoms with Crippen molar-refractivity contribution in [2.45, 2.75) is 31.5 Å². The van der Waals surface area contributed by atoms with Gasteiger partial charge in [-0.3, -0.25) is 14.1 Å². The van der Waals surface area contributed by atoms with Gasteiger partial charge in [-0.25, -0.2) is 18.3 Å². The van der Waals surface area contributed by atoms with E-state index in [0.717, 1.165) is 4.57 Å². The van der Waals surface area contributed by atoms with Crippen LogP contribution in [0.25, 0.3) is 0 Å². The van der Waals surface area contributed by atoms with Crippen LogP contribution in [0.5, 0.6) is 0 Å². The molecule has 0 spiro atoms. The molecule has 2 heterocycles. The largest absolute Gasteiger partial charge is 0.481 e. The third-order valence-electron chi connectivity index (χ3n) is 3.29. The number of hydrogen-bond acceptors (Lipinski definition) is 8. The fourth-order valence-electron chi connectivity index (χ4n) is 2.19. The maximum Gasteiger partial charge on any atom is 0.481 e. The van der Waals surface area contributed by atoms with Crippen LogP contribution in [0.3, 0.4) is 0 Å². The van der Waals surface area contributed by atoms with Gasteiger partial charge in [0.1, 0.15) is 17.5 Å². The van der Waals surface area contributed by atoms with Gasteiger partial charge in [-0.05, 0) is 6.42 Å². The maximum atomic E-state index is 14.6. The van der Waals surface area contributed by atoms with E-state index >= 15 is 0 Å². The zero-order valence-electron chi connectivity index (χ0n) is 12.8. The van der Waals surface area contributed by atoms with Crippen LogP contribution in [-0.4, -0.2) is 41.8 Å². The Kier molecular flexibility index (Phi) is 6.35. The Balaban J connectivity index is 2.10. The van der Waals surface area contributed by atoms with Gasteiger partial charge in [-0.1, -0.05) is 12.2 Å². The molecule has 0 amide bonds. The van der Waals surface area contributed by atoms with E-state index in [1.807, 2.05) is 0 Å². The first-order valence-electron chi connectivity index (χ1n) is 6.90. The molecular formula is C10H15FN2O10P2S. The second kappa shape index (κ2) is 7.68. The Bertz CT molecular complexity index is 883. The molecule has 1 unspecified atom stereocenters. The number of aliphatic hydroxyl groups is 1. The van der Waals surface area contributed by atoms with E-state index < -0.39 is 46.6 Å². The standard InChI is InChI=1S/C10H15FN2O10P2S/c11-10(5-21-25(19,20)23-24(16,17)18)2-1-7(22-10)13-3-6(4-14)8(26)12-9(13)15/h3,7,14H,1-2,4-5H2,(H,19,20)(H,12,15,26)(H2,16,17,18)/t7-,10+/m1/s1. The third-order valence-corrected chi connectivity index (χ3v) is 5.78. The molecule has 12 nitrogen and oxygen atoms in total. The summed E-state index contributed by atoms with van der Waals surface area (Å²) >= 11 is 4.84. The number of nitrogens with zero attached hydrogens (tertiary/aromatic N) is 1. The van der Waals surface area contributed by atoms with Crippen molar-refractivity contribution >= 4 is 27.9 Å². The summed E-state index contributed by atoms with van der Waals surface area (Å²) in [5, 5.41) is 9.17. The Labute approximate surface area is 150 Å². The number of H-pyrrole nitrogens is 1. The van der Waals surface area contributed by atoms with Crippen LogP contribution >= 0.6 is 27.9 Å². The molecule has 1 aliphatic heterocycles. The normalized spacial score (nSPS) is 26.0. The topological polar surface area (TPSA) is 181 Å². The SMILES string of the molecule is O=c1[nH]c(=S)c(CO)cn1[C@H]1CC[C@@](F)(COP(=O)(O)OP(=O)(O)O)O1. The first kappa shape index (κ1) is 21.5. The lowest BCUT2D eigenvalue weighted by atomic mass is 10.2. The third kappa shape index (κ3) is 5.60. The fraction of sp³-hybridized carbons (Fsp3) is 0.600. The molecule has 0 aliphatic carbocycles. The number of nitrogens with one attached hydrogen (secondary N) is 1. The first-order chi connectivity index (χ1) is 11.8. The molecule has 2 rings (SSSR count). The van der Waals surface area contributed by atoms with E-state index in [0.29, 0.717) is 0 Å². The Hall–Kier alpha value is -0.790. The highest BCUT2D eigenvalue weighted by Gasteiger charge is 2.45. The van der Waals surface area contributed by atoms with Crippen LogP contribution in [0.1, 0.15) is 24.6 Å². The summed E-state index contributed by atoms with van der Waals surface area (Å²) in [6.45, 7) is -1.65. The number of phosphoric acid groups is 2. The van der Waals surface area contributed by atoms with Gasteiger partial charge in [0.05, 0.1) is 6.61 Å². The van der Waals surface area contributed by atoms with Gasteiger partial charge in [-0.2, -0.15) is 4.31 Å². The van der Waals surface area contributed by atoms with Crippen molar-refractivity contribution in [3.05, 3.63) is 26.9 Å². The smallest absolute Gasteiger partial charge is 0.392 e. The molecule has 1 aromatic rings. The van der Waals surface area contributed by atoms with Gasteiger partial charge in [0.25, 0.3) is 0 Å². The molecule has 16 heteroatoms. The fourth-order valence-corrected chi connectivity index (χ4v) is 4.02. The highest BCUT2D eigenvalue weighted by Crippen LogP contribution is 2.58. The predicted octanol–water partition coefficient (Wildman–Crippen LogP) is 0.599. The van der Waals surface area contributed by atoms with Gasteiger partial charge < -0.3 is 24.5 Å². The Morgan fingerprint density at radius 1 is 1.46 bits per heavy atom. The summed E-state index contributed by atoms with van der Waals surface area (Å²) in [5.74, 6) is -2.62. The molecule has 1 fully saturated rings. The second-order valence-electron chi connectivity index (χ2n) is 5.29. The molecule has 26 heavy (non-hydrogen) atoms. The van der Waals surface area contributed by atoms with Crippen molar-refractivity contribution in [2.75, 3.05) is 6.61 Å². The molecule has 0 bridgehead atoms. The van der Waals surface area contributed by atoms with E-state index in [1.54, 1.807) is 0 Å². The number of alkyl halides is 1. The maximum absolute atomic E-state index is 14.6. The summed E-state index contributed by atoms with van der Waals surface area (Å²) in [6.07, 6.45) is -0.338. The number of aliphatic hydroxyl groups excluding tert-OH is 1. The summed E-state index contributed by atoms with van der Waals surface area (Å²) in [6, 6.07) is 0. The minimum Gasteiger partial charge on any atom is -0.392 e. The number of ether oxygens (including phenoxy) is 1.